The van der Waals surface area contributed by atoms with Gasteiger partial charge in [-0.2, -0.15) is 5.26 Å². The number of hydrogen-bond acceptors (Lipinski definition) is 8. The lowest BCUT2D eigenvalue weighted by molar-refractivity contribution is -0.118. The van der Waals surface area contributed by atoms with Crippen molar-refractivity contribution in [2.24, 2.45) is 0 Å². The van der Waals surface area contributed by atoms with Gasteiger partial charge >= 0.3 is 5.97 Å². The van der Waals surface area contributed by atoms with Crippen molar-refractivity contribution in [1.82, 2.24) is 4.98 Å². The number of thiazole rings is 1. The average molecular weight is 404 g/mol. The number of nitriles is 1. The molecule has 4 rings (SSSR count). The highest BCUT2D eigenvalue weighted by Crippen LogP contribution is 2.40. The van der Waals surface area contributed by atoms with Crippen molar-refractivity contribution in [1.29, 1.82) is 5.26 Å². The molecule has 0 aliphatic carbocycles. The second-order valence-corrected chi connectivity index (χ2v) is 7.34. The van der Waals surface area contributed by atoms with Crippen molar-refractivity contribution in [3.63, 3.8) is 0 Å². The predicted octanol–water partition coefficient (Wildman–Crippen LogP) is 3.34. The van der Waals surface area contributed by atoms with Crippen LogP contribution in [0.5, 0.6) is 0 Å². The van der Waals surface area contributed by atoms with Gasteiger partial charge in [0.1, 0.15) is 17.5 Å². The topological polar surface area (TPSA) is 86.5 Å². The first-order valence-corrected chi connectivity index (χ1v) is 9.63. The molecule has 0 fully saturated rings. The van der Waals surface area contributed by atoms with Gasteiger partial charge in [-0.1, -0.05) is 12.1 Å². The number of carbonyl (C=O) groups is 2. The maximum absolute atomic E-state index is 12.7. The van der Waals surface area contributed by atoms with Crippen LogP contribution in [0.3, 0.4) is 0 Å². The SMILES string of the molecule is CN1C(=C(C#N)C(=O)COC(=O)c2ccc3ncsc3c2)N(C)c2ccccc21. The molecule has 8 heteroatoms. The summed E-state index contributed by atoms with van der Waals surface area (Å²) in [5.41, 5.74) is 4.55. The van der Waals surface area contributed by atoms with Crippen LogP contribution >= 0.6 is 11.3 Å². The lowest BCUT2D eigenvalue weighted by Crippen LogP contribution is -2.27. The lowest BCUT2D eigenvalue weighted by Gasteiger charge is -2.19. The number of fused-ring (bicyclic) bond motifs is 2. The standard InChI is InChI=1S/C21H16N4O3S/c1-24-16-5-3-4-6-17(16)25(2)20(24)14(10-22)18(26)11-28-21(27)13-7-8-15-19(9-13)29-12-23-15/h3-9,12H,11H2,1-2H3. The third kappa shape index (κ3) is 3.22. The number of rotatable bonds is 4. The molecule has 0 N–H and O–H groups in total. The summed E-state index contributed by atoms with van der Waals surface area (Å²) in [5.74, 6) is -0.714. The van der Waals surface area contributed by atoms with E-state index < -0.39 is 18.4 Å². The van der Waals surface area contributed by atoms with E-state index in [4.69, 9.17) is 4.74 Å². The predicted molar refractivity (Wildman–Crippen MR) is 111 cm³/mol. The summed E-state index contributed by atoms with van der Waals surface area (Å²) in [5, 5.41) is 9.62. The van der Waals surface area contributed by atoms with Crippen LogP contribution in [0.15, 0.2) is 59.4 Å². The first kappa shape index (κ1) is 18.7. The van der Waals surface area contributed by atoms with Crippen LogP contribution in [0.2, 0.25) is 0 Å². The zero-order valence-corrected chi connectivity index (χ0v) is 16.6. The monoisotopic (exact) mass is 404 g/mol. The molecule has 2 heterocycles. The second-order valence-electron chi connectivity index (χ2n) is 6.45. The van der Waals surface area contributed by atoms with E-state index >= 15 is 0 Å². The summed E-state index contributed by atoms with van der Waals surface area (Å²) in [7, 11) is 3.58. The number of Topliss-reactive ketones (excluding diaryl/α,β-unsaturated/α-hetero) is 1. The van der Waals surface area contributed by atoms with Gasteiger partial charge < -0.3 is 14.5 Å². The Labute approximate surface area is 171 Å². The molecule has 0 unspecified atom stereocenters. The first-order chi connectivity index (χ1) is 14.0. The fourth-order valence-corrected chi connectivity index (χ4v) is 4.04. The van der Waals surface area contributed by atoms with Gasteiger partial charge in [-0.25, -0.2) is 9.78 Å². The van der Waals surface area contributed by atoms with E-state index in [0.717, 1.165) is 21.6 Å². The van der Waals surface area contributed by atoms with Crippen LogP contribution < -0.4 is 9.80 Å². The van der Waals surface area contributed by atoms with Crippen molar-refractivity contribution in [3.05, 3.63) is 64.9 Å². The van der Waals surface area contributed by atoms with Crippen molar-refractivity contribution in [2.75, 3.05) is 30.5 Å². The number of aromatic nitrogens is 1. The number of carbonyl (C=O) groups excluding carboxylic acids is 2. The highest BCUT2D eigenvalue weighted by molar-refractivity contribution is 7.16. The average Bonchev–Trinajstić information content (AvgIpc) is 3.31. The molecule has 0 atom stereocenters. The Morgan fingerprint density at radius 3 is 2.48 bits per heavy atom. The zero-order chi connectivity index (χ0) is 20.5. The molecule has 0 saturated carbocycles. The molecule has 3 aromatic rings. The van der Waals surface area contributed by atoms with Gasteiger partial charge in [-0.05, 0) is 30.3 Å². The molecule has 1 aliphatic heterocycles. The minimum absolute atomic E-state index is 0.0584. The Morgan fingerprint density at radius 2 is 1.83 bits per heavy atom. The van der Waals surface area contributed by atoms with E-state index in [1.807, 2.05) is 30.3 Å². The van der Waals surface area contributed by atoms with Crippen molar-refractivity contribution in [2.45, 2.75) is 0 Å². The molecular formula is C21H16N4O3S. The smallest absolute Gasteiger partial charge is 0.338 e. The summed E-state index contributed by atoms with van der Waals surface area (Å²) < 4.78 is 6.04. The van der Waals surface area contributed by atoms with Crippen LogP contribution in [0.25, 0.3) is 10.2 Å². The Hall–Kier alpha value is -3.70. The van der Waals surface area contributed by atoms with Gasteiger partial charge in [0.15, 0.2) is 6.61 Å². The Balaban J connectivity index is 1.53. The molecule has 2 aromatic carbocycles. The van der Waals surface area contributed by atoms with Crippen LogP contribution in [0.4, 0.5) is 11.4 Å². The number of nitrogens with zero attached hydrogens (tertiary/aromatic N) is 4. The van der Waals surface area contributed by atoms with E-state index in [1.165, 1.54) is 11.3 Å². The summed E-state index contributed by atoms with van der Waals surface area (Å²) >= 11 is 1.42. The molecule has 0 radical (unpaired) electrons. The molecule has 0 amide bonds. The highest BCUT2D eigenvalue weighted by Gasteiger charge is 2.31. The van der Waals surface area contributed by atoms with Gasteiger partial charge in [0, 0.05) is 14.1 Å². The molecular weight excluding hydrogens is 388 g/mol. The van der Waals surface area contributed by atoms with E-state index in [0.29, 0.717) is 11.4 Å². The van der Waals surface area contributed by atoms with Gasteiger partial charge in [0.25, 0.3) is 0 Å². The molecule has 1 aliphatic rings. The number of para-hydroxylation sites is 2. The minimum atomic E-state index is -0.618. The molecule has 29 heavy (non-hydrogen) atoms. The minimum Gasteiger partial charge on any atom is -0.454 e. The van der Waals surface area contributed by atoms with E-state index in [9.17, 15) is 14.9 Å². The Kier molecular flexibility index (Phi) is 4.74. The molecule has 144 valence electrons. The van der Waals surface area contributed by atoms with Crippen LogP contribution in [0.1, 0.15) is 10.4 Å². The number of ketones is 1. The van der Waals surface area contributed by atoms with Crippen LogP contribution in [-0.2, 0) is 9.53 Å². The zero-order valence-electron chi connectivity index (χ0n) is 15.7. The fraction of sp³-hybridized carbons (Fsp3) is 0.143. The Bertz CT molecular complexity index is 1180. The van der Waals surface area contributed by atoms with E-state index in [1.54, 1.807) is 47.6 Å². The number of ether oxygens (including phenoxy) is 1. The molecule has 7 nitrogen and oxygen atoms in total. The summed E-state index contributed by atoms with van der Waals surface area (Å²) in [6.45, 7) is -0.510. The van der Waals surface area contributed by atoms with Crippen molar-refractivity contribution < 1.29 is 14.3 Å². The highest BCUT2D eigenvalue weighted by atomic mass is 32.1. The number of anilines is 2. The van der Waals surface area contributed by atoms with Gasteiger partial charge in [-0.3, -0.25) is 4.79 Å². The van der Waals surface area contributed by atoms with Crippen LogP contribution in [-0.4, -0.2) is 37.4 Å². The lowest BCUT2D eigenvalue weighted by atomic mass is 10.2. The fourth-order valence-electron chi connectivity index (χ4n) is 3.33. The molecule has 0 saturated heterocycles. The van der Waals surface area contributed by atoms with Crippen molar-refractivity contribution >= 4 is 44.7 Å². The van der Waals surface area contributed by atoms with Gasteiger partial charge in [-0.15, -0.1) is 11.3 Å². The largest absolute Gasteiger partial charge is 0.454 e. The summed E-state index contributed by atoms with van der Waals surface area (Å²) in [4.78, 5) is 32.8. The second kappa shape index (κ2) is 7.37. The summed E-state index contributed by atoms with van der Waals surface area (Å²) in [6.07, 6.45) is 0. The van der Waals surface area contributed by atoms with E-state index in [2.05, 4.69) is 4.98 Å². The van der Waals surface area contributed by atoms with Gasteiger partial charge in [0.2, 0.25) is 5.78 Å². The molecule has 0 bridgehead atoms. The molecule has 0 spiro atoms. The Morgan fingerprint density at radius 1 is 1.14 bits per heavy atom. The number of benzene rings is 2. The normalized spacial score (nSPS) is 12.7. The number of esters is 1. The maximum atomic E-state index is 12.7. The first-order valence-electron chi connectivity index (χ1n) is 8.75. The third-order valence-electron chi connectivity index (χ3n) is 4.76. The quantitative estimate of drug-likeness (QED) is 0.374. The maximum Gasteiger partial charge on any atom is 0.338 e. The van der Waals surface area contributed by atoms with Crippen LogP contribution in [0, 0.1) is 11.3 Å². The van der Waals surface area contributed by atoms with E-state index in [-0.39, 0.29) is 5.57 Å². The van der Waals surface area contributed by atoms with Gasteiger partial charge in [0.05, 0.1) is 32.7 Å². The number of hydrogen-bond donors (Lipinski definition) is 0. The molecule has 1 aromatic heterocycles. The van der Waals surface area contributed by atoms with Crippen molar-refractivity contribution in [3.8, 4) is 6.07 Å². The third-order valence-corrected chi connectivity index (χ3v) is 5.55. The summed E-state index contributed by atoms with van der Waals surface area (Å²) in [6, 6.07) is 14.6.